The Hall–Kier alpha value is -2.97. The molecule has 4 aromatic rings. The molecule has 0 saturated heterocycles. The van der Waals surface area contributed by atoms with Crippen molar-refractivity contribution < 1.29 is 9.53 Å². The maximum absolute atomic E-state index is 12.6. The number of rotatable bonds is 5. The summed E-state index contributed by atoms with van der Waals surface area (Å²) < 4.78 is 6.98. The molecule has 0 aliphatic carbocycles. The van der Waals surface area contributed by atoms with E-state index in [0.717, 1.165) is 21.5 Å². The Labute approximate surface area is 164 Å². The Morgan fingerprint density at radius 3 is 2.70 bits per heavy atom. The summed E-state index contributed by atoms with van der Waals surface area (Å²) in [4.78, 5) is 22.7. The van der Waals surface area contributed by atoms with Gasteiger partial charge in [0.05, 0.1) is 23.9 Å². The summed E-state index contributed by atoms with van der Waals surface area (Å²) in [7, 11) is 1.59. The number of hydrogen-bond donors (Lipinski definition) is 1. The third-order valence-electron chi connectivity index (χ3n) is 3.99. The van der Waals surface area contributed by atoms with E-state index >= 15 is 0 Å². The molecule has 1 amide bonds. The normalized spacial score (nSPS) is 10.7. The van der Waals surface area contributed by atoms with Crippen molar-refractivity contribution in [2.45, 2.75) is 6.92 Å². The molecule has 6 nitrogen and oxygen atoms in total. The minimum absolute atomic E-state index is 0.214. The van der Waals surface area contributed by atoms with Gasteiger partial charge in [-0.1, -0.05) is 6.07 Å². The molecule has 0 saturated carbocycles. The van der Waals surface area contributed by atoms with E-state index in [1.54, 1.807) is 48.9 Å². The van der Waals surface area contributed by atoms with Crippen molar-refractivity contribution in [3.8, 4) is 21.5 Å². The van der Waals surface area contributed by atoms with Crippen LogP contribution in [0.15, 0.2) is 53.4 Å². The fourth-order valence-corrected chi connectivity index (χ4v) is 4.25. The van der Waals surface area contributed by atoms with Crippen LogP contribution < -0.4 is 10.1 Å². The van der Waals surface area contributed by atoms with Crippen LogP contribution in [0.1, 0.15) is 16.2 Å². The van der Waals surface area contributed by atoms with E-state index < -0.39 is 0 Å². The van der Waals surface area contributed by atoms with Gasteiger partial charge in [0.1, 0.15) is 17.4 Å². The number of hydrogen-bond acceptors (Lipinski definition) is 6. The van der Waals surface area contributed by atoms with Gasteiger partial charge in [-0.3, -0.25) is 9.36 Å². The lowest BCUT2D eigenvalue weighted by atomic mass is 10.2. The van der Waals surface area contributed by atoms with Gasteiger partial charge < -0.3 is 10.1 Å². The topological polar surface area (TPSA) is 69.0 Å². The van der Waals surface area contributed by atoms with E-state index in [1.165, 1.54) is 11.3 Å². The number of carbonyl (C=O) groups excluding carboxylic acids is 1. The quantitative estimate of drug-likeness (QED) is 0.534. The van der Waals surface area contributed by atoms with Gasteiger partial charge in [-0.2, -0.15) is 0 Å². The van der Waals surface area contributed by atoms with Crippen LogP contribution in [0, 0.1) is 6.92 Å². The number of thiophene rings is 1. The van der Waals surface area contributed by atoms with Crippen molar-refractivity contribution in [3.05, 3.63) is 64.7 Å². The maximum atomic E-state index is 12.6. The molecular formula is C19H16N4O2S2. The Morgan fingerprint density at radius 2 is 2.00 bits per heavy atom. The number of benzene rings is 1. The van der Waals surface area contributed by atoms with Crippen molar-refractivity contribution in [1.29, 1.82) is 0 Å². The van der Waals surface area contributed by atoms with E-state index in [9.17, 15) is 4.79 Å². The highest BCUT2D eigenvalue weighted by Gasteiger charge is 2.16. The lowest BCUT2D eigenvalue weighted by Crippen LogP contribution is -2.15. The van der Waals surface area contributed by atoms with Crippen molar-refractivity contribution in [3.63, 3.8) is 0 Å². The summed E-state index contributed by atoms with van der Waals surface area (Å²) in [5.74, 6) is 1.83. The summed E-state index contributed by atoms with van der Waals surface area (Å²) in [6.07, 6.45) is 1.64. The second kappa shape index (κ2) is 7.34. The number of ether oxygens (including phenoxy) is 1. The number of methoxy groups -OCH3 is 1. The number of carbonyl (C=O) groups is 1. The minimum atomic E-state index is -0.214. The number of aryl methyl sites for hydroxylation is 1. The first-order valence-corrected chi connectivity index (χ1v) is 9.91. The first-order chi connectivity index (χ1) is 13.2. The number of anilines is 1. The molecular weight excluding hydrogens is 380 g/mol. The van der Waals surface area contributed by atoms with E-state index in [2.05, 4.69) is 10.3 Å². The molecule has 0 spiro atoms. The van der Waals surface area contributed by atoms with Crippen molar-refractivity contribution >= 4 is 34.4 Å². The number of nitrogens with zero attached hydrogens (tertiary/aromatic N) is 3. The van der Waals surface area contributed by atoms with Crippen LogP contribution >= 0.6 is 22.7 Å². The van der Waals surface area contributed by atoms with Gasteiger partial charge in [0.25, 0.3) is 5.91 Å². The molecule has 0 aliphatic rings. The molecule has 0 radical (unpaired) electrons. The highest BCUT2D eigenvalue weighted by Crippen LogP contribution is 2.30. The Balaban J connectivity index is 1.61. The van der Waals surface area contributed by atoms with E-state index in [0.29, 0.717) is 17.1 Å². The van der Waals surface area contributed by atoms with E-state index in [-0.39, 0.29) is 5.91 Å². The molecule has 8 heteroatoms. The number of amides is 1. The second-order valence-corrected chi connectivity index (χ2v) is 7.49. The molecule has 136 valence electrons. The third-order valence-corrected chi connectivity index (χ3v) is 5.71. The Kier molecular flexibility index (Phi) is 4.74. The van der Waals surface area contributed by atoms with Crippen LogP contribution in [-0.2, 0) is 0 Å². The van der Waals surface area contributed by atoms with Gasteiger partial charge in [-0.15, -0.1) is 22.7 Å². The Morgan fingerprint density at radius 1 is 1.19 bits per heavy atom. The average Bonchev–Trinajstić information content (AvgIpc) is 3.42. The van der Waals surface area contributed by atoms with Crippen LogP contribution in [0.4, 0.5) is 5.82 Å². The third kappa shape index (κ3) is 3.49. The van der Waals surface area contributed by atoms with Gasteiger partial charge in [0.2, 0.25) is 0 Å². The van der Waals surface area contributed by atoms with Gasteiger partial charge in [-0.25, -0.2) is 9.97 Å². The maximum Gasteiger partial charge on any atom is 0.256 e. The summed E-state index contributed by atoms with van der Waals surface area (Å²) in [5.41, 5.74) is 1.46. The molecule has 27 heavy (non-hydrogen) atoms. The molecule has 0 bridgehead atoms. The summed E-state index contributed by atoms with van der Waals surface area (Å²) in [6.45, 7) is 1.88. The van der Waals surface area contributed by atoms with Crippen LogP contribution in [0.5, 0.6) is 5.75 Å². The minimum Gasteiger partial charge on any atom is -0.497 e. The summed E-state index contributed by atoms with van der Waals surface area (Å²) in [5, 5.41) is 7.71. The molecule has 1 N–H and O–H groups in total. The van der Waals surface area contributed by atoms with E-state index in [4.69, 9.17) is 9.72 Å². The van der Waals surface area contributed by atoms with Crippen molar-refractivity contribution in [2.75, 3.05) is 12.4 Å². The first kappa shape index (κ1) is 17.4. The predicted octanol–water partition coefficient (Wildman–Crippen LogP) is 4.63. The predicted molar refractivity (Wildman–Crippen MR) is 108 cm³/mol. The number of imidazole rings is 1. The first-order valence-electron chi connectivity index (χ1n) is 8.15. The van der Waals surface area contributed by atoms with Crippen LogP contribution in [0.3, 0.4) is 0 Å². The lowest BCUT2D eigenvalue weighted by molar-refractivity contribution is 0.102. The Bertz CT molecular complexity index is 1070. The van der Waals surface area contributed by atoms with Gasteiger partial charge in [-0.05, 0) is 42.6 Å². The summed E-state index contributed by atoms with van der Waals surface area (Å²) in [6, 6.07) is 11.0. The molecule has 3 aromatic heterocycles. The molecule has 0 aliphatic heterocycles. The van der Waals surface area contributed by atoms with Gasteiger partial charge >= 0.3 is 0 Å². The van der Waals surface area contributed by atoms with Crippen LogP contribution in [0.2, 0.25) is 0 Å². The second-order valence-electron chi connectivity index (χ2n) is 5.70. The van der Waals surface area contributed by atoms with Crippen molar-refractivity contribution in [1.82, 2.24) is 14.5 Å². The highest BCUT2D eigenvalue weighted by molar-refractivity contribution is 7.15. The smallest absolute Gasteiger partial charge is 0.256 e. The zero-order valence-corrected chi connectivity index (χ0v) is 16.3. The molecule has 0 fully saturated rings. The number of nitrogens with one attached hydrogen (secondary N) is 1. The number of thiazole rings is 1. The zero-order chi connectivity index (χ0) is 18.8. The lowest BCUT2D eigenvalue weighted by Gasteiger charge is -2.09. The molecule has 3 heterocycles. The largest absolute Gasteiger partial charge is 0.497 e. The zero-order valence-electron chi connectivity index (χ0n) is 14.7. The molecule has 0 unspecified atom stereocenters. The fraction of sp³-hybridized carbons (Fsp3) is 0.105. The van der Waals surface area contributed by atoms with E-state index in [1.807, 2.05) is 34.4 Å². The molecule has 4 rings (SSSR count). The van der Waals surface area contributed by atoms with Crippen LogP contribution in [0.25, 0.3) is 15.7 Å². The molecule has 0 atom stereocenters. The monoisotopic (exact) mass is 396 g/mol. The standard InChI is InChI=1S/C19H16N4O2S2/c1-12-20-10-17(22-18(24)13-5-7-14(25-2)8-6-13)23(12)19-21-15(11-27-19)16-4-3-9-26-16/h3-11H,1-2H3,(H,22,24). The fourth-order valence-electron chi connectivity index (χ4n) is 2.61. The van der Waals surface area contributed by atoms with Crippen LogP contribution in [-0.4, -0.2) is 27.6 Å². The van der Waals surface area contributed by atoms with Gasteiger partial charge in [0, 0.05) is 10.9 Å². The average molecular weight is 396 g/mol. The SMILES string of the molecule is COc1ccc(C(=O)Nc2cnc(C)n2-c2nc(-c3cccs3)cs2)cc1. The van der Waals surface area contributed by atoms with Crippen molar-refractivity contribution in [2.24, 2.45) is 0 Å². The van der Waals surface area contributed by atoms with Gasteiger partial charge in [0.15, 0.2) is 5.13 Å². The molecule has 1 aromatic carbocycles. The highest BCUT2D eigenvalue weighted by atomic mass is 32.1. The summed E-state index contributed by atoms with van der Waals surface area (Å²) >= 11 is 3.16. The number of aromatic nitrogens is 3.